The zero-order valence-corrected chi connectivity index (χ0v) is 27.2. The normalized spacial score (nSPS) is 13.0. The summed E-state index contributed by atoms with van der Waals surface area (Å²) in [5.74, 6) is -1.33. The Hall–Kier alpha value is -4.87. The number of nitrogens with one attached hydrogen (secondary N) is 6. The Morgan fingerprint density at radius 2 is 1.50 bits per heavy atom. The van der Waals surface area contributed by atoms with Crippen LogP contribution in [0.3, 0.4) is 0 Å². The first-order valence-corrected chi connectivity index (χ1v) is 15.6. The van der Waals surface area contributed by atoms with Gasteiger partial charge in [0.2, 0.25) is 17.7 Å². The monoisotopic (exact) mass is 635 g/mol. The van der Waals surface area contributed by atoms with Gasteiger partial charge in [-0.25, -0.2) is 4.79 Å². The van der Waals surface area contributed by atoms with Crippen LogP contribution < -0.4 is 32.3 Å². The summed E-state index contributed by atoms with van der Waals surface area (Å²) >= 11 is 0. The van der Waals surface area contributed by atoms with Crippen LogP contribution >= 0.6 is 0 Å². The lowest BCUT2D eigenvalue weighted by Gasteiger charge is -2.26. The lowest BCUT2D eigenvalue weighted by atomic mass is 10.0. The fourth-order valence-corrected chi connectivity index (χ4v) is 4.43. The highest BCUT2D eigenvalue weighted by atomic mass is 16.5. The van der Waals surface area contributed by atoms with E-state index >= 15 is 0 Å². The van der Waals surface area contributed by atoms with E-state index in [4.69, 9.17) is 15.9 Å². The molecule has 46 heavy (non-hydrogen) atoms. The zero-order valence-electron chi connectivity index (χ0n) is 27.2. The predicted molar refractivity (Wildman–Crippen MR) is 179 cm³/mol. The maximum Gasteiger partial charge on any atom is 0.408 e. The number of carbonyl (C=O) groups is 4. The summed E-state index contributed by atoms with van der Waals surface area (Å²) in [6.07, 6.45) is 3.38. The number of rotatable bonds is 18. The average molecular weight is 636 g/mol. The lowest BCUT2D eigenvalue weighted by molar-refractivity contribution is -0.130. The molecule has 0 unspecified atom stereocenters. The topological polar surface area (TPSA) is 188 Å². The second-order valence-corrected chi connectivity index (χ2v) is 11.8. The highest BCUT2D eigenvalue weighted by Crippen LogP contribution is 2.09. The summed E-state index contributed by atoms with van der Waals surface area (Å²) in [7, 11) is 0. The van der Waals surface area contributed by atoms with E-state index in [1.54, 1.807) is 6.08 Å². The van der Waals surface area contributed by atoms with Gasteiger partial charge in [0.25, 0.3) is 0 Å². The quantitative estimate of drug-likeness (QED) is 0.0567. The summed E-state index contributed by atoms with van der Waals surface area (Å²) < 4.78 is 5.31. The minimum atomic E-state index is -1.00. The van der Waals surface area contributed by atoms with Crippen molar-refractivity contribution in [2.24, 2.45) is 17.6 Å². The van der Waals surface area contributed by atoms with Crippen molar-refractivity contribution < 1.29 is 23.9 Å². The van der Waals surface area contributed by atoms with Crippen molar-refractivity contribution in [2.45, 2.75) is 71.7 Å². The minimum Gasteiger partial charge on any atom is -0.445 e. The van der Waals surface area contributed by atoms with Crippen LogP contribution in [-0.4, -0.2) is 61.0 Å². The standard InChI is InChI=1S/C34H49N7O5/c1-23(2)20-28(31(43)38-21-29(24(3)4)39-30(42)18-17-25-12-7-5-8-13-25)40-32(44)27(16-11-19-37-33(35)36)41-34(45)46-22-26-14-9-6-10-15-26/h5-10,12-15,17-18,23-24,27-29H,11,16,19-22H2,1-4H3,(H,38,43)(H,39,42)(H,40,44)(H,41,45)(H4,35,36,37)/b18-17+/t27-,28-,29+/m0/s1. The van der Waals surface area contributed by atoms with Gasteiger partial charge in [0.1, 0.15) is 18.7 Å². The summed E-state index contributed by atoms with van der Waals surface area (Å²) in [4.78, 5) is 52.0. The van der Waals surface area contributed by atoms with Crippen LogP contribution in [-0.2, 0) is 25.7 Å². The molecule has 0 saturated heterocycles. The molecular weight excluding hydrogens is 586 g/mol. The molecule has 0 aliphatic rings. The van der Waals surface area contributed by atoms with E-state index in [9.17, 15) is 19.2 Å². The van der Waals surface area contributed by atoms with Gasteiger partial charge in [-0.1, -0.05) is 88.4 Å². The van der Waals surface area contributed by atoms with E-state index in [0.717, 1.165) is 11.1 Å². The molecule has 0 radical (unpaired) electrons. The summed E-state index contributed by atoms with van der Waals surface area (Å²) in [6.45, 7) is 8.27. The molecule has 0 saturated carbocycles. The molecule has 0 aliphatic carbocycles. The number of hydrogen-bond acceptors (Lipinski definition) is 6. The highest BCUT2D eigenvalue weighted by Gasteiger charge is 2.28. The van der Waals surface area contributed by atoms with Gasteiger partial charge in [-0.2, -0.15) is 0 Å². The van der Waals surface area contributed by atoms with Crippen molar-refractivity contribution in [1.82, 2.24) is 26.6 Å². The Kier molecular flexibility index (Phi) is 16.4. The number of alkyl carbamates (subject to hydrolysis) is 1. The number of carbonyl (C=O) groups excluding carboxylic acids is 4. The number of guanidine groups is 1. The maximum absolute atomic E-state index is 13.4. The molecule has 0 aliphatic heterocycles. The molecule has 250 valence electrons. The third kappa shape index (κ3) is 15.2. The van der Waals surface area contributed by atoms with Crippen LogP contribution in [0.15, 0.2) is 66.7 Å². The van der Waals surface area contributed by atoms with Crippen LogP contribution in [0.2, 0.25) is 0 Å². The van der Waals surface area contributed by atoms with Crippen molar-refractivity contribution in [3.63, 3.8) is 0 Å². The van der Waals surface area contributed by atoms with Gasteiger partial charge in [-0.05, 0) is 48.3 Å². The molecule has 12 nitrogen and oxygen atoms in total. The fourth-order valence-electron chi connectivity index (χ4n) is 4.43. The molecule has 2 rings (SSSR count). The van der Waals surface area contributed by atoms with Gasteiger partial charge in [-0.15, -0.1) is 0 Å². The minimum absolute atomic E-state index is 0.0200. The molecule has 0 bridgehead atoms. The van der Waals surface area contributed by atoms with E-state index in [1.165, 1.54) is 6.08 Å². The van der Waals surface area contributed by atoms with Crippen molar-refractivity contribution in [3.05, 3.63) is 77.9 Å². The van der Waals surface area contributed by atoms with Crippen LogP contribution in [0, 0.1) is 17.2 Å². The molecule has 4 amide bonds. The van der Waals surface area contributed by atoms with E-state index in [1.807, 2.05) is 88.4 Å². The third-order valence-electron chi connectivity index (χ3n) is 7.00. The van der Waals surface area contributed by atoms with Gasteiger partial charge < -0.3 is 37.1 Å². The first kappa shape index (κ1) is 37.3. The van der Waals surface area contributed by atoms with E-state index in [2.05, 4.69) is 26.6 Å². The zero-order chi connectivity index (χ0) is 33.9. The Labute approximate surface area is 271 Å². The van der Waals surface area contributed by atoms with Crippen molar-refractivity contribution in [1.29, 1.82) is 5.41 Å². The molecule has 0 aromatic heterocycles. The molecular formula is C34H49N7O5. The Morgan fingerprint density at radius 1 is 0.848 bits per heavy atom. The van der Waals surface area contributed by atoms with Gasteiger partial charge in [0.05, 0.1) is 0 Å². The van der Waals surface area contributed by atoms with Gasteiger partial charge >= 0.3 is 6.09 Å². The largest absolute Gasteiger partial charge is 0.445 e. The number of ether oxygens (including phenoxy) is 1. The second kappa shape index (κ2) is 20.2. The second-order valence-electron chi connectivity index (χ2n) is 11.8. The van der Waals surface area contributed by atoms with Gasteiger partial charge in [0.15, 0.2) is 5.96 Å². The summed E-state index contributed by atoms with van der Waals surface area (Å²) in [6, 6.07) is 16.4. The molecule has 2 aromatic rings. The van der Waals surface area contributed by atoms with Crippen LogP contribution in [0.4, 0.5) is 4.79 Å². The van der Waals surface area contributed by atoms with Crippen molar-refractivity contribution in [3.8, 4) is 0 Å². The van der Waals surface area contributed by atoms with Crippen molar-refractivity contribution >= 4 is 35.9 Å². The Morgan fingerprint density at radius 3 is 2.11 bits per heavy atom. The molecule has 2 aromatic carbocycles. The number of benzene rings is 2. The first-order valence-electron chi connectivity index (χ1n) is 15.6. The highest BCUT2D eigenvalue weighted by molar-refractivity contribution is 5.92. The average Bonchev–Trinajstić information content (AvgIpc) is 3.02. The Balaban J connectivity index is 2.04. The SMILES string of the molecule is CC(C)C[C@H](NC(=O)[C@H](CCCNC(=N)N)NC(=O)OCc1ccccc1)C(=O)NC[C@@H](NC(=O)/C=C/c1ccccc1)C(C)C. The lowest BCUT2D eigenvalue weighted by Crippen LogP contribution is -2.55. The first-order chi connectivity index (χ1) is 21.9. The van der Waals surface area contributed by atoms with E-state index in [-0.39, 0.29) is 49.3 Å². The fraction of sp³-hybridized carbons (Fsp3) is 0.441. The molecule has 3 atom stereocenters. The van der Waals surface area contributed by atoms with Crippen molar-refractivity contribution in [2.75, 3.05) is 13.1 Å². The molecule has 0 fully saturated rings. The maximum atomic E-state index is 13.4. The predicted octanol–water partition coefficient (Wildman–Crippen LogP) is 3.05. The molecule has 12 heteroatoms. The number of nitrogens with two attached hydrogens (primary N) is 1. The van der Waals surface area contributed by atoms with Gasteiger partial charge in [0, 0.05) is 25.2 Å². The molecule has 0 heterocycles. The van der Waals surface area contributed by atoms with Crippen LogP contribution in [0.25, 0.3) is 6.08 Å². The smallest absolute Gasteiger partial charge is 0.408 e. The van der Waals surface area contributed by atoms with E-state index < -0.39 is 30.0 Å². The van der Waals surface area contributed by atoms with Crippen LogP contribution in [0.1, 0.15) is 58.1 Å². The third-order valence-corrected chi connectivity index (χ3v) is 7.00. The Bertz CT molecular complexity index is 1290. The number of amides is 4. The number of hydrogen-bond donors (Lipinski definition) is 7. The van der Waals surface area contributed by atoms with Gasteiger partial charge in [-0.3, -0.25) is 19.8 Å². The summed E-state index contributed by atoms with van der Waals surface area (Å²) in [5.41, 5.74) is 7.04. The molecule has 0 spiro atoms. The van der Waals surface area contributed by atoms with Crippen LogP contribution in [0.5, 0.6) is 0 Å². The van der Waals surface area contributed by atoms with E-state index in [0.29, 0.717) is 19.4 Å². The molecule has 8 N–H and O–H groups in total. The summed E-state index contributed by atoms with van der Waals surface area (Å²) in [5, 5.41) is 21.3.